The third-order valence-corrected chi connectivity index (χ3v) is 4.68. The van der Waals surface area contributed by atoms with Crippen molar-refractivity contribution in [1.82, 2.24) is 10.1 Å². The summed E-state index contributed by atoms with van der Waals surface area (Å²) in [6.45, 7) is 2.02. The highest BCUT2D eigenvalue weighted by molar-refractivity contribution is 7.14. The second-order valence-electron chi connectivity index (χ2n) is 6.04. The van der Waals surface area contributed by atoms with Crippen molar-refractivity contribution in [1.29, 1.82) is 0 Å². The van der Waals surface area contributed by atoms with Crippen LogP contribution in [0.4, 0.5) is 20.9 Å². The van der Waals surface area contributed by atoms with E-state index in [2.05, 4.69) is 20.8 Å². The number of aryl methyl sites for hydroxylation is 1. The van der Waals surface area contributed by atoms with Gasteiger partial charge in [-0.1, -0.05) is 35.0 Å². The van der Waals surface area contributed by atoms with Crippen LogP contribution in [0.1, 0.15) is 16.1 Å². The summed E-state index contributed by atoms with van der Waals surface area (Å²) in [5.74, 6) is -0.730. The minimum Gasteiger partial charge on any atom is -0.354 e. The van der Waals surface area contributed by atoms with E-state index in [1.807, 2.05) is 31.2 Å². The summed E-state index contributed by atoms with van der Waals surface area (Å²) < 4.78 is 18.9. The van der Waals surface area contributed by atoms with E-state index in [1.165, 1.54) is 35.1 Å². The number of carbonyl (C=O) groups excluding carboxylic acids is 1. The smallest absolute Gasteiger partial charge is 0.277 e. The van der Waals surface area contributed by atoms with Crippen LogP contribution in [-0.4, -0.2) is 16.0 Å². The van der Waals surface area contributed by atoms with Crippen molar-refractivity contribution in [3.63, 3.8) is 0 Å². The van der Waals surface area contributed by atoms with Gasteiger partial charge in [-0.05, 0) is 31.2 Å². The van der Waals surface area contributed by atoms with Crippen LogP contribution in [0.2, 0.25) is 0 Å². The average molecular weight is 394 g/mol. The fourth-order valence-corrected chi connectivity index (χ4v) is 3.18. The predicted octanol–water partition coefficient (Wildman–Crippen LogP) is 5.24. The summed E-state index contributed by atoms with van der Waals surface area (Å²) in [5, 5.41) is 11.9. The molecule has 2 heterocycles. The van der Waals surface area contributed by atoms with E-state index < -0.39 is 11.7 Å². The summed E-state index contributed by atoms with van der Waals surface area (Å²) in [7, 11) is 0. The number of thiazole rings is 1. The molecule has 28 heavy (non-hydrogen) atoms. The Bertz CT molecular complexity index is 1120. The van der Waals surface area contributed by atoms with E-state index in [1.54, 1.807) is 17.5 Å². The number of benzene rings is 2. The third-order valence-electron chi connectivity index (χ3n) is 3.92. The number of anilines is 3. The van der Waals surface area contributed by atoms with Crippen molar-refractivity contribution in [2.75, 3.05) is 10.6 Å². The maximum atomic E-state index is 13.7. The zero-order valence-corrected chi connectivity index (χ0v) is 15.6. The normalized spacial score (nSPS) is 10.6. The molecule has 0 saturated carbocycles. The number of hydrogen-bond acceptors (Lipinski definition) is 6. The number of nitrogens with zero attached hydrogens (tertiary/aromatic N) is 2. The van der Waals surface area contributed by atoms with Crippen molar-refractivity contribution in [2.45, 2.75) is 6.92 Å². The van der Waals surface area contributed by atoms with Crippen molar-refractivity contribution in [3.05, 3.63) is 77.1 Å². The number of rotatable bonds is 5. The minimum atomic E-state index is -0.562. The number of aromatic nitrogens is 2. The summed E-state index contributed by atoms with van der Waals surface area (Å²) in [4.78, 5) is 16.7. The van der Waals surface area contributed by atoms with Gasteiger partial charge in [0.15, 0.2) is 16.6 Å². The molecule has 0 atom stereocenters. The Kier molecular flexibility index (Phi) is 4.86. The molecule has 140 valence electrons. The largest absolute Gasteiger partial charge is 0.354 e. The lowest BCUT2D eigenvalue weighted by molar-refractivity contribution is 0.101. The number of nitrogens with one attached hydrogen (secondary N) is 2. The maximum Gasteiger partial charge on any atom is 0.277 e. The number of amides is 1. The van der Waals surface area contributed by atoms with Crippen LogP contribution in [0, 0.1) is 12.7 Å². The fraction of sp³-hybridized carbons (Fsp3) is 0.0500. The highest BCUT2D eigenvalue weighted by Crippen LogP contribution is 2.28. The quantitative estimate of drug-likeness (QED) is 0.484. The van der Waals surface area contributed by atoms with Gasteiger partial charge in [-0.15, -0.1) is 11.3 Å². The Hall–Kier alpha value is -3.52. The molecule has 0 aliphatic carbocycles. The lowest BCUT2D eigenvalue weighted by Gasteiger charge is -2.02. The molecule has 0 spiro atoms. The van der Waals surface area contributed by atoms with E-state index in [-0.39, 0.29) is 11.4 Å². The first-order chi connectivity index (χ1) is 13.6. The van der Waals surface area contributed by atoms with Gasteiger partial charge >= 0.3 is 0 Å². The van der Waals surface area contributed by atoms with Gasteiger partial charge in [-0.3, -0.25) is 4.79 Å². The molecular formula is C20H15FN4O2S. The molecule has 8 heteroatoms. The number of para-hydroxylation sites is 1. The van der Waals surface area contributed by atoms with E-state index in [4.69, 9.17) is 4.52 Å². The molecule has 0 aliphatic heterocycles. The topological polar surface area (TPSA) is 80.0 Å². The Morgan fingerprint density at radius 3 is 2.71 bits per heavy atom. The Morgan fingerprint density at radius 1 is 1.14 bits per heavy atom. The molecule has 0 unspecified atom stereocenters. The molecule has 2 aromatic carbocycles. The first kappa shape index (κ1) is 17.9. The molecule has 4 rings (SSSR count). The van der Waals surface area contributed by atoms with Crippen molar-refractivity contribution < 1.29 is 13.7 Å². The van der Waals surface area contributed by atoms with Gasteiger partial charge in [0.1, 0.15) is 11.5 Å². The highest BCUT2D eigenvalue weighted by atomic mass is 32.1. The van der Waals surface area contributed by atoms with E-state index in [0.29, 0.717) is 16.6 Å². The molecule has 0 radical (unpaired) electrons. The van der Waals surface area contributed by atoms with Crippen molar-refractivity contribution in [2.24, 2.45) is 0 Å². The SMILES string of the molecule is Cc1ccc(Nc2nc(-c3cc(C(=O)Nc4ccccc4F)no3)cs2)cc1. The summed E-state index contributed by atoms with van der Waals surface area (Å²) in [6.07, 6.45) is 0. The van der Waals surface area contributed by atoms with Gasteiger partial charge in [-0.25, -0.2) is 9.37 Å². The Labute approximate surface area is 164 Å². The van der Waals surface area contributed by atoms with Crippen LogP contribution < -0.4 is 10.6 Å². The van der Waals surface area contributed by atoms with Gasteiger partial charge in [0.2, 0.25) is 0 Å². The van der Waals surface area contributed by atoms with E-state index in [9.17, 15) is 9.18 Å². The number of halogens is 1. The minimum absolute atomic E-state index is 0.0410. The second kappa shape index (κ2) is 7.61. The maximum absolute atomic E-state index is 13.7. The van der Waals surface area contributed by atoms with Gasteiger partial charge < -0.3 is 15.2 Å². The predicted molar refractivity (Wildman–Crippen MR) is 106 cm³/mol. The molecule has 0 bridgehead atoms. The Balaban J connectivity index is 1.47. The first-order valence-corrected chi connectivity index (χ1v) is 9.28. The zero-order valence-electron chi connectivity index (χ0n) is 14.8. The van der Waals surface area contributed by atoms with Crippen molar-refractivity contribution >= 4 is 33.8 Å². The number of hydrogen-bond donors (Lipinski definition) is 2. The summed E-state index contributed by atoms with van der Waals surface area (Å²) in [6, 6.07) is 15.3. The van der Waals surface area contributed by atoms with Gasteiger partial charge in [0.05, 0.1) is 5.69 Å². The molecule has 6 nitrogen and oxygen atoms in total. The molecular weight excluding hydrogens is 379 g/mol. The summed E-state index contributed by atoms with van der Waals surface area (Å²) >= 11 is 1.41. The first-order valence-electron chi connectivity index (χ1n) is 8.41. The van der Waals surface area contributed by atoms with Crippen LogP contribution in [0.25, 0.3) is 11.5 Å². The van der Waals surface area contributed by atoms with E-state index >= 15 is 0 Å². The van der Waals surface area contributed by atoms with E-state index in [0.717, 1.165) is 5.69 Å². The second-order valence-corrected chi connectivity index (χ2v) is 6.90. The molecule has 2 N–H and O–H groups in total. The van der Waals surface area contributed by atoms with Crippen LogP contribution >= 0.6 is 11.3 Å². The Morgan fingerprint density at radius 2 is 1.93 bits per heavy atom. The van der Waals surface area contributed by atoms with Gasteiger partial charge in [-0.2, -0.15) is 0 Å². The van der Waals surface area contributed by atoms with Crippen LogP contribution in [0.15, 0.2) is 64.5 Å². The average Bonchev–Trinajstić information content (AvgIpc) is 3.35. The van der Waals surface area contributed by atoms with Gasteiger partial charge in [0, 0.05) is 17.1 Å². The zero-order chi connectivity index (χ0) is 19.5. The molecule has 4 aromatic rings. The third kappa shape index (κ3) is 3.91. The summed E-state index contributed by atoms with van der Waals surface area (Å²) in [5.41, 5.74) is 2.77. The molecule has 1 amide bonds. The van der Waals surface area contributed by atoms with Crippen molar-refractivity contribution in [3.8, 4) is 11.5 Å². The monoisotopic (exact) mass is 394 g/mol. The standard InChI is InChI=1S/C20H15FN4O2S/c1-12-6-8-13(9-7-12)22-20-24-17(11-28-20)18-10-16(25-27-18)19(26)23-15-5-3-2-4-14(15)21/h2-11H,1H3,(H,22,24)(H,23,26). The molecule has 2 aromatic heterocycles. The van der Waals surface area contributed by atoms with Crippen LogP contribution in [-0.2, 0) is 0 Å². The molecule has 0 aliphatic rings. The number of carbonyl (C=O) groups is 1. The van der Waals surface area contributed by atoms with Crippen LogP contribution in [0.5, 0.6) is 0 Å². The van der Waals surface area contributed by atoms with Gasteiger partial charge in [0.25, 0.3) is 5.91 Å². The highest BCUT2D eigenvalue weighted by Gasteiger charge is 2.17. The lowest BCUT2D eigenvalue weighted by Crippen LogP contribution is -2.13. The molecule has 0 saturated heterocycles. The lowest BCUT2D eigenvalue weighted by atomic mass is 10.2. The van der Waals surface area contributed by atoms with Crippen LogP contribution in [0.3, 0.4) is 0 Å². The molecule has 0 fully saturated rings. The fourth-order valence-electron chi connectivity index (χ4n) is 2.46.